The Bertz CT molecular complexity index is 281. The van der Waals surface area contributed by atoms with E-state index in [9.17, 15) is 0 Å². The van der Waals surface area contributed by atoms with Gasteiger partial charge in [-0.2, -0.15) is 0 Å². The van der Waals surface area contributed by atoms with E-state index in [-0.39, 0.29) is 0 Å². The van der Waals surface area contributed by atoms with Crippen LogP contribution in [0.5, 0.6) is 0 Å². The first-order chi connectivity index (χ1) is 6.24. The van der Waals surface area contributed by atoms with Crippen molar-refractivity contribution < 1.29 is 0 Å². The summed E-state index contributed by atoms with van der Waals surface area (Å²) in [5.41, 5.74) is 6.99. The quantitative estimate of drug-likeness (QED) is 0.739. The highest BCUT2D eigenvalue weighted by Gasteiger charge is 1.98. The lowest BCUT2D eigenvalue weighted by Crippen LogP contribution is -2.12. The molecule has 1 aromatic rings. The summed E-state index contributed by atoms with van der Waals surface area (Å²) in [6.07, 6.45) is 6.65. The van der Waals surface area contributed by atoms with Crippen LogP contribution in [-0.4, -0.2) is 15.0 Å². The Morgan fingerprint density at radius 3 is 2.69 bits per heavy atom. The topological polar surface area (TPSA) is 51.8 Å². The molecule has 3 nitrogen and oxygen atoms in total. The lowest BCUT2D eigenvalue weighted by atomic mass is 10.2. The maximum Gasteiger partial charge on any atom is 0.124 e. The second kappa shape index (κ2) is 4.87. The second-order valence-electron chi connectivity index (χ2n) is 2.86. The largest absolute Gasteiger partial charge is 0.388 e. The third-order valence-corrected chi connectivity index (χ3v) is 1.95. The highest BCUT2D eigenvalue weighted by atomic mass is 32.1. The summed E-state index contributed by atoms with van der Waals surface area (Å²) in [6, 6.07) is 0. The molecule has 0 aliphatic carbocycles. The van der Waals surface area contributed by atoms with Gasteiger partial charge in [0.05, 0.1) is 11.9 Å². The number of nitrogens with two attached hydrogens (primary N) is 1. The molecule has 0 aliphatic heterocycles. The molecule has 0 aliphatic rings. The third kappa shape index (κ3) is 3.06. The molecular weight excluding hydrogens is 182 g/mol. The Balaban J connectivity index is 2.64. The zero-order valence-electron chi connectivity index (χ0n) is 7.66. The first-order valence-electron chi connectivity index (χ1n) is 4.34. The third-order valence-electron chi connectivity index (χ3n) is 1.74. The van der Waals surface area contributed by atoms with E-state index in [1.165, 1.54) is 6.42 Å². The monoisotopic (exact) mass is 195 g/mol. The molecule has 0 bridgehead atoms. The Kier molecular flexibility index (Phi) is 3.76. The van der Waals surface area contributed by atoms with Gasteiger partial charge in [-0.3, -0.25) is 9.97 Å². The van der Waals surface area contributed by atoms with E-state index in [1.807, 2.05) is 0 Å². The van der Waals surface area contributed by atoms with Crippen LogP contribution in [0, 0.1) is 0 Å². The smallest absolute Gasteiger partial charge is 0.124 e. The highest BCUT2D eigenvalue weighted by molar-refractivity contribution is 7.80. The van der Waals surface area contributed by atoms with Crippen LogP contribution in [0.25, 0.3) is 0 Å². The van der Waals surface area contributed by atoms with Crippen LogP contribution in [0.1, 0.15) is 31.2 Å². The molecule has 4 heteroatoms. The van der Waals surface area contributed by atoms with Crippen molar-refractivity contribution in [1.29, 1.82) is 0 Å². The van der Waals surface area contributed by atoms with E-state index < -0.39 is 0 Å². The number of unbranched alkanes of at least 4 members (excludes halogenated alkanes) is 1. The predicted octanol–water partition coefficient (Wildman–Crippen LogP) is 1.45. The van der Waals surface area contributed by atoms with Gasteiger partial charge >= 0.3 is 0 Å². The van der Waals surface area contributed by atoms with Gasteiger partial charge in [-0.15, -0.1) is 0 Å². The number of rotatable bonds is 4. The van der Waals surface area contributed by atoms with Crippen molar-refractivity contribution in [3.05, 3.63) is 23.8 Å². The Labute approximate surface area is 83.4 Å². The van der Waals surface area contributed by atoms with Gasteiger partial charge in [0.2, 0.25) is 0 Å². The van der Waals surface area contributed by atoms with Crippen molar-refractivity contribution in [2.24, 2.45) is 5.73 Å². The fourth-order valence-electron chi connectivity index (χ4n) is 0.969. The van der Waals surface area contributed by atoms with Gasteiger partial charge in [0.1, 0.15) is 10.7 Å². The minimum Gasteiger partial charge on any atom is -0.388 e. The summed E-state index contributed by atoms with van der Waals surface area (Å²) in [5.74, 6) is 0. The van der Waals surface area contributed by atoms with Gasteiger partial charge < -0.3 is 5.73 Å². The number of aryl methyl sites for hydroxylation is 1. The maximum atomic E-state index is 5.39. The van der Waals surface area contributed by atoms with Crippen molar-refractivity contribution in [1.82, 2.24) is 9.97 Å². The summed E-state index contributed by atoms with van der Waals surface area (Å²) in [4.78, 5) is 8.61. The Morgan fingerprint density at radius 1 is 1.46 bits per heavy atom. The number of nitrogens with zero attached hydrogens (tertiary/aromatic N) is 2. The predicted molar refractivity (Wildman–Crippen MR) is 56.5 cm³/mol. The van der Waals surface area contributed by atoms with E-state index in [0.717, 1.165) is 18.5 Å². The molecule has 70 valence electrons. The Morgan fingerprint density at radius 2 is 2.23 bits per heavy atom. The molecule has 0 spiro atoms. The minimum absolute atomic E-state index is 0.301. The van der Waals surface area contributed by atoms with Crippen molar-refractivity contribution >= 4 is 17.2 Å². The molecule has 1 aromatic heterocycles. The number of aromatic nitrogens is 2. The van der Waals surface area contributed by atoms with E-state index in [1.54, 1.807) is 12.4 Å². The standard InChI is InChI=1S/C9H13N3S/c1-2-3-4-7-5-12-8(6-11-7)9(10)13/h5-6H,2-4H2,1H3,(H2,10,13). The minimum atomic E-state index is 0.301. The van der Waals surface area contributed by atoms with Gasteiger partial charge in [-0.05, 0) is 12.8 Å². The highest BCUT2D eigenvalue weighted by Crippen LogP contribution is 2.00. The van der Waals surface area contributed by atoms with E-state index in [0.29, 0.717) is 10.7 Å². The van der Waals surface area contributed by atoms with Crippen LogP contribution in [0.15, 0.2) is 12.4 Å². The second-order valence-corrected chi connectivity index (χ2v) is 3.30. The zero-order chi connectivity index (χ0) is 9.68. The molecule has 0 amide bonds. The van der Waals surface area contributed by atoms with Crippen LogP contribution in [-0.2, 0) is 6.42 Å². The maximum absolute atomic E-state index is 5.39. The molecule has 0 saturated carbocycles. The molecule has 0 saturated heterocycles. The molecule has 13 heavy (non-hydrogen) atoms. The van der Waals surface area contributed by atoms with Crippen molar-refractivity contribution in [3.63, 3.8) is 0 Å². The van der Waals surface area contributed by atoms with Gasteiger partial charge in [0.15, 0.2) is 0 Å². The average Bonchev–Trinajstić information content (AvgIpc) is 2.15. The molecule has 1 heterocycles. The molecule has 2 N–H and O–H groups in total. The van der Waals surface area contributed by atoms with Crippen molar-refractivity contribution in [2.75, 3.05) is 0 Å². The van der Waals surface area contributed by atoms with Crippen LogP contribution < -0.4 is 5.73 Å². The van der Waals surface area contributed by atoms with E-state index in [4.69, 9.17) is 18.0 Å². The molecule has 0 aromatic carbocycles. The zero-order valence-corrected chi connectivity index (χ0v) is 8.47. The van der Waals surface area contributed by atoms with E-state index >= 15 is 0 Å². The molecule has 0 fully saturated rings. The number of hydrogen-bond acceptors (Lipinski definition) is 3. The molecule has 0 atom stereocenters. The number of hydrogen-bond donors (Lipinski definition) is 1. The summed E-state index contributed by atoms with van der Waals surface area (Å²) >= 11 is 4.77. The van der Waals surface area contributed by atoms with Crippen molar-refractivity contribution in [3.8, 4) is 0 Å². The number of thiocarbonyl (C=S) groups is 1. The fourth-order valence-corrected chi connectivity index (χ4v) is 1.07. The SMILES string of the molecule is CCCCc1cnc(C(N)=S)cn1. The summed E-state index contributed by atoms with van der Waals surface area (Å²) in [7, 11) is 0. The van der Waals surface area contributed by atoms with Crippen LogP contribution in [0.3, 0.4) is 0 Å². The first kappa shape index (κ1) is 10.1. The van der Waals surface area contributed by atoms with E-state index in [2.05, 4.69) is 16.9 Å². The van der Waals surface area contributed by atoms with Gasteiger partial charge in [-0.1, -0.05) is 25.6 Å². The van der Waals surface area contributed by atoms with Crippen LogP contribution in [0.2, 0.25) is 0 Å². The van der Waals surface area contributed by atoms with Gasteiger partial charge in [-0.25, -0.2) is 0 Å². The van der Waals surface area contributed by atoms with Gasteiger partial charge in [0, 0.05) is 6.20 Å². The van der Waals surface area contributed by atoms with Crippen molar-refractivity contribution in [2.45, 2.75) is 26.2 Å². The summed E-state index contributed by atoms with van der Waals surface area (Å²) in [5, 5.41) is 0. The summed E-state index contributed by atoms with van der Waals surface area (Å²) < 4.78 is 0. The molecule has 1 rings (SSSR count). The lowest BCUT2D eigenvalue weighted by molar-refractivity contribution is 0.771. The lowest BCUT2D eigenvalue weighted by Gasteiger charge is -1.99. The average molecular weight is 195 g/mol. The van der Waals surface area contributed by atoms with Gasteiger partial charge in [0.25, 0.3) is 0 Å². The summed E-state index contributed by atoms with van der Waals surface area (Å²) in [6.45, 7) is 2.15. The Hall–Kier alpha value is -1.03. The first-order valence-corrected chi connectivity index (χ1v) is 4.75. The van der Waals surface area contributed by atoms with Crippen LogP contribution in [0.4, 0.5) is 0 Å². The molecule has 0 radical (unpaired) electrons. The normalized spacial score (nSPS) is 9.92. The van der Waals surface area contributed by atoms with Crippen LogP contribution >= 0.6 is 12.2 Å². The molecule has 0 unspecified atom stereocenters. The fraction of sp³-hybridized carbons (Fsp3) is 0.444. The molecular formula is C9H13N3S.